The first kappa shape index (κ1) is 16.3. The summed E-state index contributed by atoms with van der Waals surface area (Å²) in [6, 6.07) is 17.4. The van der Waals surface area contributed by atoms with E-state index < -0.39 is 0 Å². The standard InChI is InChI=1S/C19H18N2O2S/c1-24-13-14-7-9-16(10-8-14)19(22)21-12-18-20-11-17(23-18)15-5-3-2-4-6-15/h2-11H,12-13H2,1H3,(H,21,22). The van der Waals surface area contributed by atoms with E-state index in [1.807, 2.05) is 54.6 Å². The molecule has 4 nitrogen and oxygen atoms in total. The monoisotopic (exact) mass is 338 g/mol. The fourth-order valence-corrected chi connectivity index (χ4v) is 2.83. The molecule has 1 heterocycles. The molecule has 0 saturated heterocycles. The molecule has 0 unspecified atom stereocenters. The van der Waals surface area contributed by atoms with Crippen molar-refractivity contribution < 1.29 is 9.21 Å². The number of hydrogen-bond donors (Lipinski definition) is 1. The zero-order valence-electron chi connectivity index (χ0n) is 13.4. The summed E-state index contributed by atoms with van der Waals surface area (Å²) in [5, 5.41) is 2.83. The second-order valence-corrected chi connectivity index (χ2v) is 6.16. The van der Waals surface area contributed by atoms with Crippen molar-refractivity contribution in [1.29, 1.82) is 0 Å². The second-order valence-electron chi connectivity index (χ2n) is 5.30. The van der Waals surface area contributed by atoms with Crippen LogP contribution in [0.3, 0.4) is 0 Å². The predicted octanol–water partition coefficient (Wildman–Crippen LogP) is 4.13. The molecule has 1 aromatic heterocycles. The molecule has 2 aromatic carbocycles. The second kappa shape index (κ2) is 7.84. The molecule has 5 heteroatoms. The third-order valence-electron chi connectivity index (χ3n) is 3.54. The quantitative estimate of drug-likeness (QED) is 0.734. The van der Waals surface area contributed by atoms with Crippen molar-refractivity contribution >= 4 is 17.7 Å². The molecule has 122 valence electrons. The molecule has 3 rings (SSSR count). The normalized spacial score (nSPS) is 10.5. The maximum absolute atomic E-state index is 12.2. The Morgan fingerprint density at radius 2 is 1.88 bits per heavy atom. The number of carbonyl (C=O) groups is 1. The van der Waals surface area contributed by atoms with Crippen LogP contribution in [0.2, 0.25) is 0 Å². The van der Waals surface area contributed by atoms with Crippen LogP contribution in [-0.2, 0) is 12.3 Å². The van der Waals surface area contributed by atoms with Crippen LogP contribution in [0.25, 0.3) is 11.3 Å². The summed E-state index contributed by atoms with van der Waals surface area (Å²) in [7, 11) is 0. The summed E-state index contributed by atoms with van der Waals surface area (Å²) in [4.78, 5) is 16.4. The van der Waals surface area contributed by atoms with Gasteiger partial charge in [-0.05, 0) is 24.0 Å². The van der Waals surface area contributed by atoms with Crippen LogP contribution < -0.4 is 5.32 Å². The van der Waals surface area contributed by atoms with Crippen molar-refractivity contribution in [3.63, 3.8) is 0 Å². The van der Waals surface area contributed by atoms with E-state index in [-0.39, 0.29) is 12.5 Å². The lowest BCUT2D eigenvalue weighted by Crippen LogP contribution is -2.22. The Hall–Kier alpha value is -2.53. The molecule has 3 aromatic rings. The third-order valence-corrected chi connectivity index (χ3v) is 4.16. The summed E-state index contributed by atoms with van der Waals surface area (Å²) >= 11 is 1.76. The Morgan fingerprint density at radius 3 is 2.58 bits per heavy atom. The molecule has 0 aliphatic heterocycles. The molecular formula is C19H18N2O2S. The molecule has 0 bridgehead atoms. The van der Waals surface area contributed by atoms with E-state index >= 15 is 0 Å². The van der Waals surface area contributed by atoms with E-state index in [0.29, 0.717) is 17.2 Å². The van der Waals surface area contributed by atoms with Gasteiger partial charge in [0.05, 0.1) is 12.7 Å². The number of thioether (sulfide) groups is 1. The van der Waals surface area contributed by atoms with E-state index in [1.54, 1.807) is 18.0 Å². The fourth-order valence-electron chi connectivity index (χ4n) is 2.30. The number of amides is 1. The zero-order valence-corrected chi connectivity index (χ0v) is 14.2. The van der Waals surface area contributed by atoms with E-state index in [0.717, 1.165) is 11.3 Å². The van der Waals surface area contributed by atoms with E-state index in [4.69, 9.17) is 4.42 Å². The number of oxazole rings is 1. The smallest absolute Gasteiger partial charge is 0.251 e. The molecule has 1 amide bonds. The van der Waals surface area contributed by atoms with Crippen LogP contribution in [0.4, 0.5) is 0 Å². The summed E-state index contributed by atoms with van der Waals surface area (Å²) in [5.74, 6) is 1.99. The van der Waals surface area contributed by atoms with Crippen molar-refractivity contribution in [3.8, 4) is 11.3 Å². The maximum Gasteiger partial charge on any atom is 0.251 e. The molecule has 0 spiro atoms. The SMILES string of the molecule is CSCc1ccc(C(=O)NCc2ncc(-c3ccccc3)o2)cc1. The molecule has 0 aliphatic carbocycles. The number of nitrogens with zero attached hydrogens (tertiary/aromatic N) is 1. The van der Waals surface area contributed by atoms with Gasteiger partial charge in [-0.1, -0.05) is 42.5 Å². The number of hydrogen-bond acceptors (Lipinski definition) is 4. The van der Waals surface area contributed by atoms with E-state index in [1.165, 1.54) is 5.56 Å². The largest absolute Gasteiger partial charge is 0.439 e. The first-order chi connectivity index (χ1) is 11.8. The van der Waals surface area contributed by atoms with Crippen molar-refractivity contribution in [3.05, 3.63) is 77.8 Å². The van der Waals surface area contributed by atoms with Gasteiger partial charge in [0.25, 0.3) is 5.91 Å². The Bertz CT molecular complexity index is 798. The summed E-state index contributed by atoms with van der Waals surface area (Å²) < 4.78 is 5.68. The van der Waals surface area contributed by atoms with Gasteiger partial charge in [0.1, 0.15) is 0 Å². The van der Waals surface area contributed by atoms with Crippen molar-refractivity contribution in [2.45, 2.75) is 12.3 Å². The molecule has 1 N–H and O–H groups in total. The Kier molecular flexibility index (Phi) is 5.33. The number of rotatable bonds is 6. The highest BCUT2D eigenvalue weighted by Crippen LogP contribution is 2.19. The maximum atomic E-state index is 12.2. The van der Waals surface area contributed by atoms with E-state index in [2.05, 4.69) is 16.6 Å². The van der Waals surface area contributed by atoms with Crippen LogP contribution in [0.1, 0.15) is 21.8 Å². The molecule has 24 heavy (non-hydrogen) atoms. The minimum Gasteiger partial charge on any atom is -0.439 e. The zero-order chi connectivity index (χ0) is 16.8. The van der Waals surface area contributed by atoms with Crippen LogP contribution in [-0.4, -0.2) is 17.1 Å². The van der Waals surface area contributed by atoms with Crippen LogP contribution in [0.15, 0.2) is 65.2 Å². The lowest BCUT2D eigenvalue weighted by Gasteiger charge is -2.04. The molecule has 0 radical (unpaired) electrons. The Morgan fingerprint density at radius 1 is 1.12 bits per heavy atom. The van der Waals surface area contributed by atoms with Gasteiger partial charge in [-0.25, -0.2) is 4.98 Å². The minimum atomic E-state index is -0.134. The molecule has 0 saturated carbocycles. The molecule has 0 aliphatic rings. The predicted molar refractivity (Wildman–Crippen MR) is 96.8 cm³/mol. The summed E-state index contributed by atoms with van der Waals surface area (Å²) in [6.07, 6.45) is 3.73. The van der Waals surface area contributed by atoms with Crippen molar-refractivity contribution in [2.75, 3.05) is 6.26 Å². The Labute approximate surface area is 145 Å². The third kappa shape index (κ3) is 4.06. The van der Waals surface area contributed by atoms with Gasteiger partial charge in [-0.15, -0.1) is 0 Å². The van der Waals surface area contributed by atoms with E-state index in [9.17, 15) is 4.79 Å². The fraction of sp³-hybridized carbons (Fsp3) is 0.158. The van der Waals surface area contributed by atoms with Gasteiger partial charge in [0.2, 0.25) is 5.89 Å². The lowest BCUT2D eigenvalue weighted by atomic mass is 10.1. The number of nitrogens with one attached hydrogen (secondary N) is 1. The van der Waals surface area contributed by atoms with Gasteiger partial charge in [0.15, 0.2) is 5.76 Å². The van der Waals surface area contributed by atoms with Crippen LogP contribution in [0.5, 0.6) is 0 Å². The Balaban J connectivity index is 1.59. The minimum absolute atomic E-state index is 0.134. The number of aromatic nitrogens is 1. The topological polar surface area (TPSA) is 55.1 Å². The lowest BCUT2D eigenvalue weighted by molar-refractivity contribution is 0.0947. The molecule has 0 atom stereocenters. The summed E-state index contributed by atoms with van der Waals surface area (Å²) in [6.45, 7) is 0.262. The highest BCUT2D eigenvalue weighted by molar-refractivity contribution is 7.97. The first-order valence-electron chi connectivity index (χ1n) is 7.62. The van der Waals surface area contributed by atoms with Gasteiger partial charge in [-0.3, -0.25) is 4.79 Å². The highest BCUT2D eigenvalue weighted by Gasteiger charge is 2.09. The van der Waals surface area contributed by atoms with Gasteiger partial charge < -0.3 is 9.73 Å². The van der Waals surface area contributed by atoms with Crippen molar-refractivity contribution in [2.24, 2.45) is 0 Å². The average molecular weight is 338 g/mol. The number of carbonyl (C=O) groups excluding carboxylic acids is 1. The van der Waals surface area contributed by atoms with Gasteiger partial charge >= 0.3 is 0 Å². The number of benzene rings is 2. The average Bonchev–Trinajstić information content (AvgIpc) is 3.10. The first-order valence-corrected chi connectivity index (χ1v) is 9.02. The van der Waals surface area contributed by atoms with Crippen molar-refractivity contribution in [1.82, 2.24) is 10.3 Å². The highest BCUT2D eigenvalue weighted by atomic mass is 32.2. The molecular weight excluding hydrogens is 320 g/mol. The van der Waals surface area contributed by atoms with Crippen LogP contribution >= 0.6 is 11.8 Å². The molecule has 0 fully saturated rings. The van der Waals surface area contributed by atoms with Crippen LogP contribution in [0, 0.1) is 0 Å². The summed E-state index contributed by atoms with van der Waals surface area (Å²) in [5.41, 5.74) is 2.81. The van der Waals surface area contributed by atoms with Gasteiger partial charge in [0, 0.05) is 16.9 Å². The van der Waals surface area contributed by atoms with Gasteiger partial charge in [-0.2, -0.15) is 11.8 Å².